The van der Waals surface area contributed by atoms with Crippen molar-refractivity contribution in [2.24, 2.45) is 10.7 Å². The van der Waals surface area contributed by atoms with E-state index in [0.29, 0.717) is 5.82 Å². The minimum atomic E-state index is 0.590. The minimum absolute atomic E-state index is 0.590. The Morgan fingerprint density at radius 2 is 2.23 bits per heavy atom. The lowest BCUT2D eigenvalue weighted by atomic mass is 10.4. The second kappa shape index (κ2) is 4.35. The Morgan fingerprint density at radius 1 is 1.46 bits per heavy atom. The summed E-state index contributed by atoms with van der Waals surface area (Å²) >= 11 is 0. The van der Waals surface area contributed by atoms with Crippen LogP contribution in [0.2, 0.25) is 0 Å². The maximum Gasteiger partial charge on any atom is 0.170 e. The fraction of sp³-hybridized carbons (Fsp3) is 0.222. The van der Waals surface area contributed by atoms with Crippen molar-refractivity contribution < 1.29 is 0 Å². The topological polar surface area (TPSA) is 64.2 Å². The zero-order chi connectivity index (χ0) is 9.68. The van der Waals surface area contributed by atoms with Crippen molar-refractivity contribution in [2.75, 3.05) is 0 Å². The van der Waals surface area contributed by atoms with Crippen LogP contribution in [-0.2, 0) is 0 Å². The first-order chi connectivity index (χ1) is 6.22. The number of aromatic nitrogens is 2. The third-order valence-corrected chi connectivity index (χ3v) is 1.43. The smallest absolute Gasteiger partial charge is 0.170 e. The van der Waals surface area contributed by atoms with E-state index < -0.39 is 0 Å². The summed E-state index contributed by atoms with van der Waals surface area (Å²) in [6, 6.07) is 0. The highest BCUT2D eigenvalue weighted by Gasteiger charge is 1.89. The fourth-order valence-corrected chi connectivity index (χ4v) is 0.663. The largest absolute Gasteiger partial charge is 0.404 e. The van der Waals surface area contributed by atoms with E-state index in [9.17, 15) is 0 Å². The van der Waals surface area contributed by atoms with Crippen molar-refractivity contribution in [3.05, 3.63) is 29.9 Å². The summed E-state index contributed by atoms with van der Waals surface area (Å²) in [5.41, 5.74) is 7.04. The molecular weight excluding hydrogens is 164 g/mol. The summed E-state index contributed by atoms with van der Waals surface area (Å²) in [6.45, 7) is 3.75. The van der Waals surface area contributed by atoms with Crippen molar-refractivity contribution in [1.29, 1.82) is 0 Å². The summed E-state index contributed by atoms with van der Waals surface area (Å²) in [6.07, 6.45) is 6.44. The molecule has 0 aromatic carbocycles. The van der Waals surface area contributed by atoms with Crippen LogP contribution in [0.3, 0.4) is 0 Å². The molecule has 0 aliphatic rings. The molecule has 2 N–H and O–H groups in total. The van der Waals surface area contributed by atoms with E-state index in [0.717, 1.165) is 11.3 Å². The molecule has 0 radical (unpaired) electrons. The normalized spacial score (nSPS) is 12.3. The van der Waals surface area contributed by atoms with Crippen LogP contribution < -0.4 is 5.73 Å². The van der Waals surface area contributed by atoms with Gasteiger partial charge in [-0.15, -0.1) is 0 Å². The zero-order valence-corrected chi connectivity index (χ0v) is 7.73. The summed E-state index contributed by atoms with van der Waals surface area (Å²) < 4.78 is 0. The van der Waals surface area contributed by atoms with Gasteiger partial charge in [0.25, 0.3) is 0 Å². The Kier molecular flexibility index (Phi) is 3.14. The van der Waals surface area contributed by atoms with E-state index in [2.05, 4.69) is 15.0 Å². The Hall–Kier alpha value is -1.71. The Morgan fingerprint density at radius 3 is 2.77 bits per heavy atom. The van der Waals surface area contributed by atoms with Gasteiger partial charge in [0.05, 0.1) is 18.1 Å². The molecule has 1 rings (SSSR count). The third kappa shape index (κ3) is 3.02. The molecule has 0 saturated carbocycles. The van der Waals surface area contributed by atoms with Crippen LogP contribution in [-0.4, -0.2) is 16.2 Å². The first kappa shape index (κ1) is 9.38. The maximum atomic E-state index is 5.27. The highest BCUT2D eigenvalue weighted by Crippen LogP contribution is 2.04. The van der Waals surface area contributed by atoms with Gasteiger partial charge in [0.15, 0.2) is 5.82 Å². The molecule has 0 amide bonds. The monoisotopic (exact) mass is 176 g/mol. The number of allylic oxidation sites excluding steroid dienone is 1. The number of hydrogen-bond acceptors (Lipinski definition) is 4. The SMILES string of the molecule is CC(C=Nc1cnc(C)cn1)=CN. The van der Waals surface area contributed by atoms with Crippen LogP contribution in [0.1, 0.15) is 12.6 Å². The van der Waals surface area contributed by atoms with Crippen molar-refractivity contribution in [3.8, 4) is 0 Å². The molecule has 4 heteroatoms. The van der Waals surface area contributed by atoms with Crippen LogP contribution in [0.5, 0.6) is 0 Å². The zero-order valence-electron chi connectivity index (χ0n) is 7.73. The molecule has 0 unspecified atom stereocenters. The van der Waals surface area contributed by atoms with Crippen molar-refractivity contribution >= 4 is 12.0 Å². The van der Waals surface area contributed by atoms with E-state index in [1.807, 2.05) is 13.8 Å². The number of aryl methyl sites for hydroxylation is 1. The summed E-state index contributed by atoms with van der Waals surface area (Å²) in [5.74, 6) is 0.590. The van der Waals surface area contributed by atoms with E-state index >= 15 is 0 Å². The molecule has 1 aromatic rings. The maximum absolute atomic E-state index is 5.27. The van der Waals surface area contributed by atoms with E-state index in [1.165, 1.54) is 6.20 Å². The van der Waals surface area contributed by atoms with Crippen LogP contribution >= 0.6 is 0 Å². The summed E-state index contributed by atoms with van der Waals surface area (Å²) in [5, 5.41) is 0. The van der Waals surface area contributed by atoms with Gasteiger partial charge in [-0.05, 0) is 25.6 Å². The number of nitrogens with two attached hydrogens (primary N) is 1. The molecule has 1 aromatic heterocycles. The van der Waals surface area contributed by atoms with Gasteiger partial charge in [-0.1, -0.05) is 0 Å². The van der Waals surface area contributed by atoms with Crippen LogP contribution in [0.25, 0.3) is 0 Å². The average molecular weight is 176 g/mol. The van der Waals surface area contributed by atoms with Crippen LogP contribution in [0.15, 0.2) is 29.2 Å². The lowest BCUT2D eigenvalue weighted by molar-refractivity contribution is 1.11. The molecular formula is C9H12N4. The molecule has 1 heterocycles. The molecule has 0 aliphatic heterocycles. The van der Waals surface area contributed by atoms with Gasteiger partial charge < -0.3 is 5.73 Å². The summed E-state index contributed by atoms with van der Waals surface area (Å²) in [7, 11) is 0. The molecule has 0 bridgehead atoms. The Balaban J connectivity index is 2.75. The van der Waals surface area contributed by atoms with Gasteiger partial charge in [-0.2, -0.15) is 0 Å². The van der Waals surface area contributed by atoms with Gasteiger partial charge in [0.1, 0.15) is 0 Å². The molecule has 0 saturated heterocycles. The van der Waals surface area contributed by atoms with E-state index in [1.54, 1.807) is 18.6 Å². The molecule has 0 spiro atoms. The second-order valence-corrected chi connectivity index (χ2v) is 2.68. The van der Waals surface area contributed by atoms with E-state index in [4.69, 9.17) is 5.73 Å². The molecule has 4 nitrogen and oxygen atoms in total. The average Bonchev–Trinajstić information content (AvgIpc) is 2.16. The van der Waals surface area contributed by atoms with Gasteiger partial charge in [0.2, 0.25) is 0 Å². The third-order valence-electron chi connectivity index (χ3n) is 1.43. The fourth-order valence-electron chi connectivity index (χ4n) is 0.663. The lowest BCUT2D eigenvalue weighted by Gasteiger charge is -1.92. The number of nitrogens with zero attached hydrogens (tertiary/aromatic N) is 3. The standard InChI is InChI=1S/C9H12N4/c1-7(3-10)4-12-9-6-11-8(2)5-13-9/h3-6H,10H2,1-2H3. The highest BCUT2D eigenvalue weighted by molar-refractivity contribution is 5.79. The van der Waals surface area contributed by atoms with Crippen molar-refractivity contribution in [2.45, 2.75) is 13.8 Å². The van der Waals surface area contributed by atoms with Gasteiger partial charge >= 0.3 is 0 Å². The first-order valence-corrected chi connectivity index (χ1v) is 3.93. The Bertz CT molecular complexity index is 324. The predicted molar refractivity (Wildman–Crippen MR) is 52.9 cm³/mol. The summed E-state index contributed by atoms with van der Waals surface area (Å²) in [4.78, 5) is 12.2. The molecule has 13 heavy (non-hydrogen) atoms. The van der Waals surface area contributed by atoms with Gasteiger partial charge in [-0.3, -0.25) is 4.98 Å². The minimum Gasteiger partial charge on any atom is -0.404 e. The van der Waals surface area contributed by atoms with Gasteiger partial charge in [-0.25, -0.2) is 9.98 Å². The number of rotatable bonds is 2. The van der Waals surface area contributed by atoms with Crippen LogP contribution in [0, 0.1) is 6.92 Å². The molecule has 0 aliphatic carbocycles. The van der Waals surface area contributed by atoms with Crippen LogP contribution in [0.4, 0.5) is 5.82 Å². The van der Waals surface area contributed by atoms with Crippen molar-refractivity contribution in [1.82, 2.24) is 9.97 Å². The van der Waals surface area contributed by atoms with Gasteiger partial charge in [0, 0.05) is 6.21 Å². The predicted octanol–water partition coefficient (Wildman–Crippen LogP) is 1.35. The van der Waals surface area contributed by atoms with Crippen molar-refractivity contribution in [3.63, 3.8) is 0 Å². The Labute approximate surface area is 77.2 Å². The number of aliphatic imine (C=N–C) groups is 1. The lowest BCUT2D eigenvalue weighted by Crippen LogP contribution is -1.86. The second-order valence-electron chi connectivity index (χ2n) is 2.68. The first-order valence-electron chi connectivity index (χ1n) is 3.93. The molecule has 0 atom stereocenters. The number of hydrogen-bond donors (Lipinski definition) is 1. The van der Waals surface area contributed by atoms with E-state index in [-0.39, 0.29) is 0 Å². The molecule has 68 valence electrons. The highest BCUT2D eigenvalue weighted by atomic mass is 14.9. The molecule has 0 fully saturated rings. The quantitative estimate of drug-likeness (QED) is 0.692.